The molecule has 0 saturated heterocycles. The van der Waals surface area contributed by atoms with Crippen molar-refractivity contribution in [1.82, 2.24) is 5.43 Å². The van der Waals surface area contributed by atoms with Crippen molar-refractivity contribution in [3.05, 3.63) is 33.8 Å². The van der Waals surface area contributed by atoms with Gasteiger partial charge in [0, 0.05) is 16.6 Å². The molecule has 3 nitrogen and oxygen atoms in total. The van der Waals surface area contributed by atoms with E-state index < -0.39 is 0 Å². The zero-order valence-corrected chi connectivity index (χ0v) is 11.1. The van der Waals surface area contributed by atoms with Gasteiger partial charge >= 0.3 is 0 Å². The van der Waals surface area contributed by atoms with Crippen molar-refractivity contribution in [3.8, 4) is 0 Å². The van der Waals surface area contributed by atoms with E-state index in [0.29, 0.717) is 0 Å². The number of nitrogens with two attached hydrogens (primary N) is 1. The second-order valence-electron chi connectivity index (χ2n) is 3.74. The highest BCUT2D eigenvalue weighted by atomic mass is 79.9. The highest BCUT2D eigenvalue weighted by Gasteiger charge is 2.14. The molecule has 16 heavy (non-hydrogen) atoms. The zero-order valence-electron chi connectivity index (χ0n) is 8.66. The molecule has 2 rings (SSSR count). The SMILES string of the molecule is NC(=S)N/N=C1\CCc2ccc(Br)cc2C1. The maximum absolute atomic E-state index is 5.33. The minimum absolute atomic E-state index is 0.215. The molecular weight excluding hydrogens is 286 g/mol. The van der Waals surface area contributed by atoms with Crippen LogP contribution in [0.5, 0.6) is 0 Å². The summed E-state index contributed by atoms with van der Waals surface area (Å²) in [6.07, 6.45) is 2.86. The van der Waals surface area contributed by atoms with E-state index in [0.717, 1.165) is 29.4 Å². The number of fused-ring (bicyclic) bond motifs is 1. The Labute approximate surface area is 108 Å². The maximum Gasteiger partial charge on any atom is 0.184 e. The number of aryl methyl sites for hydroxylation is 1. The molecule has 0 radical (unpaired) electrons. The number of nitrogens with one attached hydrogen (secondary N) is 1. The molecule has 0 amide bonds. The highest BCUT2D eigenvalue weighted by molar-refractivity contribution is 9.10. The molecular formula is C11H12BrN3S. The second-order valence-corrected chi connectivity index (χ2v) is 5.10. The minimum atomic E-state index is 0.215. The van der Waals surface area contributed by atoms with E-state index in [2.05, 4.69) is 44.7 Å². The van der Waals surface area contributed by atoms with Crippen LogP contribution in [0.2, 0.25) is 0 Å². The normalized spacial score (nSPS) is 16.9. The lowest BCUT2D eigenvalue weighted by Gasteiger charge is -2.17. The van der Waals surface area contributed by atoms with Crippen molar-refractivity contribution in [2.24, 2.45) is 10.8 Å². The molecule has 0 heterocycles. The highest BCUT2D eigenvalue weighted by Crippen LogP contribution is 2.23. The summed E-state index contributed by atoms with van der Waals surface area (Å²) in [7, 11) is 0. The number of halogens is 1. The quantitative estimate of drug-likeness (QED) is 0.617. The van der Waals surface area contributed by atoms with Crippen LogP contribution in [-0.4, -0.2) is 10.8 Å². The van der Waals surface area contributed by atoms with Gasteiger partial charge in [-0.05, 0) is 48.3 Å². The van der Waals surface area contributed by atoms with Gasteiger partial charge in [0.05, 0.1) is 0 Å². The van der Waals surface area contributed by atoms with Crippen LogP contribution in [-0.2, 0) is 12.8 Å². The van der Waals surface area contributed by atoms with Gasteiger partial charge in [-0.15, -0.1) is 0 Å². The van der Waals surface area contributed by atoms with Gasteiger partial charge in [0.2, 0.25) is 0 Å². The van der Waals surface area contributed by atoms with E-state index in [9.17, 15) is 0 Å². The third kappa shape index (κ3) is 2.80. The van der Waals surface area contributed by atoms with Crippen LogP contribution in [0.3, 0.4) is 0 Å². The molecule has 3 N–H and O–H groups in total. The summed E-state index contributed by atoms with van der Waals surface area (Å²) >= 11 is 8.19. The van der Waals surface area contributed by atoms with Crippen molar-refractivity contribution in [2.75, 3.05) is 0 Å². The Hall–Kier alpha value is -0.940. The number of hydrogen-bond acceptors (Lipinski definition) is 2. The lowest BCUT2D eigenvalue weighted by Crippen LogP contribution is -2.27. The number of nitrogens with zero attached hydrogens (tertiary/aromatic N) is 1. The average Bonchev–Trinajstić information content (AvgIpc) is 2.25. The Kier molecular flexibility index (Phi) is 3.56. The van der Waals surface area contributed by atoms with Crippen LogP contribution in [0.1, 0.15) is 17.5 Å². The van der Waals surface area contributed by atoms with Crippen molar-refractivity contribution in [2.45, 2.75) is 19.3 Å². The first-order valence-corrected chi connectivity index (χ1v) is 6.23. The van der Waals surface area contributed by atoms with E-state index >= 15 is 0 Å². The standard InChI is InChI=1S/C11H12BrN3S/c12-9-3-1-7-2-4-10(6-8(7)5-9)14-15-11(13)16/h1,3,5H,2,4,6H2,(H3,13,15,16)/b14-10+. The first kappa shape index (κ1) is 11.5. The number of hydrogen-bond donors (Lipinski definition) is 2. The molecule has 0 aromatic heterocycles. The van der Waals surface area contributed by atoms with Crippen LogP contribution in [0.15, 0.2) is 27.8 Å². The summed E-state index contributed by atoms with van der Waals surface area (Å²) < 4.78 is 1.11. The van der Waals surface area contributed by atoms with Crippen molar-refractivity contribution in [1.29, 1.82) is 0 Å². The summed E-state index contributed by atoms with van der Waals surface area (Å²) in [5.74, 6) is 0. The van der Waals surface area contributed by atoms with Gasteiger partial charge in [-0.2, -0.15) is 5.10 Å². The van der Waals surface area contributed by atoms with Gasteiger partial charge in [0.1, 0.15) is 0 Å². The molecule has 0 saturated carbocycles. The van der Waals surface area contributed by atoms with E-state index in [1.807, 2.05) is 0 Å². The molecule has 1 aliphatic rings. The lowest BCUT2D eigenvalue weighted by atomic mass is 9.90. The molecule has 0 bridgehead atoms. The van der Waals surface area contributed by atoms with Gasteiger partial charge in [0.15, 0.2) is 5.11 Å². The van der Waals surface area contributed by atoms with Crippen molar-refractivity contribution >= 4 is 39.0 Å². The fourth-order valence-electron chi connectivity index (χ4n) is 1.82. The summed E-state index contributed by atoms with van der Waals surface area (Å²) in [6, 6.07) is 6.39. The van der Waals surface area contributed by atoms with E-state index in [1.54, 1.807) is 0 Å². The lowest BCUT2D eigenvalue weighted by molar-refractivity contribution is 0.907. The smallest absolute Gasteiger partial charge is 0.184 e. The number of hydrazone groups is 1. The van der Waals surface area contributed by atoms with Gasteiger partial charge in [-0.1, -0.05) is 22.0 Å². The summed E-state index contributed by atoms with van der Waals surface area (Å²) in [6.45, 7) is 0. The van der Waals surface area contributed by atoms with Crippen LogP contribution >= 0.6 is 28.1 Å². The Morgan fingerprint density at radius 2 is 2.19 bits per heavy atom. The molecule has 1 aromatic rings. The average molecular weight is 298 g/mol. The van der Waals surface area contributed by atoms with Crippen LogP contribution in [0, 0.1) is 0 Å². The first-order valence-electron chi connectivity index (χ1n) is 5.03. The Balaban J connectivity index is 2.16. The van der Waals surface area contributed by atoms with E-state index in [4.69, 9.17) is 18.0 Å². The van der Waals surface area contributed by atoms with Crippen molar-refractivity contribution < 1.29 is 0 Å². The summed E-state index contributed by atoms with van der Waals surface area (Å²) in [4.78, 5) is 0. The number of rotatable bonds is 1. The molecule has 1 aromatic carbocycles. The summed E-state index contributed by atoms with van der Waals surface area (Å²) in [5.41, 5.74) is 11.8. The molecule has 0 fully saturated rings. The molecule has 1 aliphatic carbocycles. The van der Waals surface area contributed by atoms with Gasteiger partial charge in [0.25, 0.3) is 0 Å². The summed E-state index contributed by atoms with van der Waals surface area (Å²) in [5, 5.41) is 4.41. The van der Waals surface area contributed by atoms with E-state index in [1.165, 1.54) is 11.1 Å². The van der Waals surface area contributed by atoms with Crippen LogP contribution in [0.25, 0.3) is 0 Å². The maximum atomic E-state index is 5.33. The van der Waals surface area contributed by atoms with E-state index in [-0.39, 0.29) is 5.11 Å². The Bertz CT molecular complexity index is 457. The molecule has 5 heteroatoms. The fourth-order valence-corrected chi connectivity index (χ4v) is 2.27. The minimum Gasteiger partial charge on any atom is -0.375 e. The molecule has 0 aliphatic heterocycles. The molecule has 0 unspecified atom stereocenters. The second kappa shape index (κ2) is 4.93. The largest absolute Gasteiger partial charge is 0.375 e. The van der Waals surface area contributed by atoms with Crippen molar-refractivity contribution in [3.63, 3.8) is 0 Å². The predicted octanol–water partition coefficient (Wildman–Crippen LogP) is 2.13. The number of benzene rings is 1. The number of thiocarbonyl (C=S) groups is 1. The predicted molar refractivity (Wildman–Crippen MR) is 73.5 cm³/mol. The van der Waals surface area contributed by atoms with Crippen LogP contribution in [0.4, 0.5) is 0 Å². The third-order valence-corrected chi connectivity index (χ3v) is 3.15. The van der Waals surface area contributed by atoms with Gasteiger partial charge in [-0.25, -0.2) is 0 Å². The zero-order chi connectivity index (χ0) is 11.5. The first-order chi connectivity index (χ1) is 7.65. The topological polar surface area (TPSA) is 50.4 Å². The Morgan fingerprint density at radius 1 is 1.38 bits per heavy atom. The van der Waals surface area contributed by atoms with Crippen LogP contribution < -0.4 is 11.2 Å². The molecule has 0 spiro atoms. The molecule has 84 valence electrons. The third-order valence-electron chi connectivity index (χ3n) is 2.57. The van der Waals surface area contributed by atoms with Gasteiger partial charge in [-0.3, -0.25) is 5.43 Å². The monoisotopic (exact) mass is 297 g/mol. The Morgan fingerprint density at radius 3 is 2.94 bits per heavy atom. The molecule has 0 atom stereocenters. The fraction of sp³-hybridized carbons (Fsp3) is 0.273. The van der Waals surface area contributed by atoms with Gasteiger partial charge < -0.3 is 5.73 Å².